The molecule has 1 aliphatic carbocycles. The summed E-state index contributed by atoms with van der Waals surface area (Å²) in [6, 6.07) is 20.7. The molecule has 2 aromatic rings. The second kappa shape index (κ2) is 7.11. The van der Waals surface area contributed by atoms with Crippen LogP contribution >= 0.6 is 0 Å². The Kier molecular flexibility index (Phi) is 4.94. The first-order valence-electron chi connectivity index (χ1n) is 8.52. The number of hydrogen-bond acceptors (Lipinski definition) is 1. The van der Waals surface area contributed by atoms with Gasteiger partial charge in [0.05, 0.1) is 0 Å². The minimum atomic E-state index is 0.746. The fourth-order valence-electron chi connectivity index (χ4n) is 3.81. The van der Waals surface area contributed by atoms with Gasteiger partial charge in [0.25, 0.3) is 0 Å². The fraction of sp³-hybridized carbons (Fsp3) is 0.429. The first-order chi connectivity index (χ1) is 10.7. The third kappa shape index (κ3) is 3.59. The average Bonchev–Trinajstić information content (AvgIpc) is 2.56. The van der Waals surface area contributed by atoms with E-state index in [1.165, 1.54) is 36.8 Å². The molecule has 3 rings (SSSR count). The Bertz CT molecular complexity index is 580. The predicted octanol–water partition coefficient (Wildman–Crippen LogP) is 4.87. The molecule has 0 saturated heterocycles. The Morgan fingerprint density at radius 2 is 1.45 bits per heavy atom. The zero-order chi connectivity index (χ0) is 15.4. The highest BCUT2D eigenvalue weighted by atomic mass is 15.1. The van der Waals surface area contributed by atoms with E-state index in [1.807, 2.05) is 0 Å². The molecule has 0 radical (unpaired) electrons. The van der Waals surface area contributed by atoms with Crippen molar-refractivity contribution in [3.63, 3.8) is 0 Å². The van der Waals surface area contributed by atoms with Gasteiger partial charge in [-0.25, -0.2) is 0 Å². The molecule has 0 atom stereocenters. The van der Waals surface area contributed by atoms with Crippen LogP contribution in [-0.2, 0) is 6.42 Å². The quantitative estimate of drug-likeness (QED) is 0.777. The SMILES string of the molecule is CN(C)C1CCC(c2ccccc2Cc2ccccc2)CC1. The van der Waals surface area contributed by atoms with Crippen molar-refractivity contribution >= 4 is 0 Å². The zero-order valence-corrected chi connectivity index (χ0v) is 13.8. The van der Waals surface area contributed by atoms with E-state index in [2.05, 4.69) is 73.6 Å². The second-order valence-corrected chi connectivity index (χ2v) is 6.83. The molecule has 2 aromatic carbocycles. The van der Waals surface area contributed by atoms with Crippen LogP contribution in [0.25, 0.3) is 0 Å². The van der Waals surface area contributed by atoms with Crippen LogP contribution in [0.3, 0.4) is 0 Å². The molecule has 1 saturated carbocycles. The summed E-state index contributed by atoms with van der Waals surface area (Å²) in [6.45, 7) is 0. The van der Waals surface area contributed by atoms with Gasteiger partial charge in [0, 0.05) is 6.04 Å². The summed E-state index contributed by atoms with van der Waals surface area (Å²) in [5.74, 6) is 0.746. The lowest BCUT2D eigenvalue weighted by atomic mass is 9.79. The second-order valence-electron chi connectivity index (χ2n) is 6.83. The van der Waals surface area contributed by atoms with Gasteiger partial charge in [0.2, 0.25) is 0 Å². The zero-order valence-electron chi connectivity index (χ0n) is 13.8. The monoisotopic (exact) mass is 293 g/mol. The van der Waals surface area contributed by atoms with E-state index in [0.717, 1.165) is 18.4 Å². The van der Waals surface area contributed by atoms with E-state index in [9.17, 15) is 0 Å². The smallest absolute Gasteiger partial charge is 0.00896 e. The van der Waals surface area contributed by atoms with Crippen LogP contribution in [0.1, 0.15) is 48.3 Å². The van der Waals surface area contributed by atoms with Gasteiger partial charge in [-0.1, -0.05) is 54.6 Å². The summed E-state index contributed by atoms with van der Waals surface area (Å²) in [4.78, 5) is 2.39. The first kappa shape index (κ1) is 15.3. The van der Waals surface area contributed by atoms with Crippen molar-refractivity contribution in [3.05, 3.63) is 71.3 Å². The molecule has 0 aliphatic heterocycles. The van der Waals surface area contributed by atoms with E-state index in [0.29, 0.717) is 0 Å². The third-order valence-corrected chi connectivity index (χ3v) is 5.16. The van der Waals surface area contributed by atoms with E-state index in [4.69, 9.17) is 0 Å². The van der Waals surface area contributed by atoms with E-state index >= 15 is 0 Å². The maximum absolute atomic E-state index is 2.39. The van der Waals surface area contributed by atoms with Crippen LogP contribution in [-0.4, -0.2) is 25.0 Å². The fourth-order valence-corrected chi connectivity index (χ4v) is 3.81. The van der Waals surface area contributed by atoms with Crippen LogP contribution < -0.4 is 0 Å². The average molecular weight is 293 g/mol. The number of rotatable bonds is 4. The molecule has 22 heavy (non-hydrogen) atoms. The van der Waals surface area contributed by atoms with E-state index in [-0.39, 0.29) is 0 Å². The molecule has 1 heteroatoms. The highest BCUT2D eigenvalue weighted by molar-refractivity contribution is 5.35. The molecule has 0 aromatic heterocycles. The molecular formula is C21H27N. The Labute approximate surface area is 135 Å². The molecule has 1 aliphatic rings. The van der Waals surface area contributed by atoms with Crippen LogP contribution in [0.4, 0.5) is 0 Å². The van der Waals surface area contributed by atoms with Crippen LogP contribution in [0.15, 0.2) is 54.6 Å². The predicted molar refractivity (Wildman–Crippen MR) is 94.4 cm³/mol. The van der Waals surface area contributed by atoms with Crippen LogP contribution in [0.2, 0.25) is 0 Å². The van der Waals surface area contributed by atoms with Crippen molar-refractivity contribution in [2.24, 2.45) is 0 Å². The van der Waals surface area contributed by atoms with E-state index < -0.39 is 0 Å². The van der Waals surface area contributed by atoms with Crippen LogP contribution in [0, 0.1) is 0 Å². The topological polar surface area (TPSA) is 3.24 Å². The van der Waals surface area contributed by atoms with Crippen molar-refractivity contribution in [2.75, 3.05) is 14.1 Å². The van der Waals surface area contributed by atoms with Crippen molar-refractivity contribution in [2.45, 2.75) is 44.1 Å². The summed E-state index contributed by atoms with van der Waals surface area (Å²) in [5, 5.41) is 0. The molecule has 1 nitrogen and oxygen atoms in total. The van der Waals surface area contributed by atoms with Crippen molar-refractivity contribution in [1.29, 1.82) is 0 Å². The summed E-state index contributed by atoms with van der Waals surface area (Å²) in [6.07, 6.45) is 6.38. The lowest BCUT2D eigenvalue weighted by Crippen LogP contribution is -2.31. The van der Waals surface area contributed by atoms with Gasteiger partial charge in [-0.3, -0.25) is 0 Å². The van der Waals surface area contributed by atoms with Gasteiger partial charge in [-0.05, 0) is 68.8 Å². The maximum atomic E-state index is 2.39. The molecule has 0 unspecified atom stereocenters. The molecule has 0 bridgehead atoms. The normalized spacial score (nSPS) is 22.0. The standard InChI is InChI=1S/C21H27N/c1-22(2)20-14-12-18(13-15-20)21-11-7-6-10-19(21)16-17-8-4-3-5-9-17/h3-11,18,20H,12-16H2,1-2H3. The summed E-state index contributed by atoms with van der Waals surface area (Å²) in [7, 11) is 4.43. The Morgan fingerprint density at radius 1 is 0.818 bits per heavy atom. The lowest BCUT2D eigenvalue weighted by Gasteiger charge is -2.33. The Morgan fingerprint density at radius 3 is 2.14 bits per heavy atom. The largest absolute Gasteiger partial charge is 0.306 e. The van der Waals surface area contributed by atoms with Gasteiger partial charge >= 0.3 is 0 Å². The lowest BCUT2D eigenvalue weighted by molar-refractivity contribution is 0.216. The minimum absolute atomic E-state index is 0.746. The molecule has 0 N–H and O–H groups in total. The van der Waals surface area contributed by atoms with Gasteiger partial charge < -0.3 is 4.90 Å². The van der Waals surface area contributed by atoms with Crippen molar-refractivity contribution in [1.82, 2.24) is 4.90 Å². The van der Waals surface area contributed by atoms with Crippen molar-refractivity contribution < 1.29 is 0 Å². The van der Waals surface area contributed by atoms with E-state index in [1.54, 1.807) is 5.56 Å². The number of nitrogens with zero attached hydrogens (tertiary/aromatic N) is 1. The van der Waals surface area contributed by atoms with Crippen LogP contribution in [0.5, 0.6) is 0 Å². The van der Waals surface area contributed by atoms with Crippen molar-refractivity contribution in [3.8, 4) is 0 Å². The molecule has 0 spiro atoms. The number of hydrogen-bond donors (Lipinski definition) is 0. The Balaban J connectivity index is 1.75. The van der Waals surface area contributed by atoms with Gasteiger partial charge in [0.15, 0.2) is 0 Å². The summed E-state index contributed by atoms with van der Waals surface area (Å²) >= 11 is 0. The first-order valence-corrected chi connectivity index (χ1v) is 8.52. The minimum Gasteiger partial charge on any atom is -0.306 e. The molecule has 0 amide bonds. The summed E-state index contributed by atoms with van der Waals surface area (Å²) < 4.78 is 0. The maximum Gasteiger partial charge on any atom is 0.00896 e. The summed E-state index contributed by atoms with van der Waals surface area (Å²) in [5.41, 5.74) is 4.52. The van der Waals surface area contributed by atoms with Gasteiger partial charge in [0.1, 0.15) is 0 Å². The highest BCUT2D eigenvalue weighted by Crippen LogP contribution is 2.36. The Hall–Kier alpha value is -1.60. The molecule has 1 fully saturated rings. The van der Waals surface area contributed by atoms with Gasteiger partial charge in [-0.15, -0.1) is 0 Å². The molecule has 0 heterocycles. The molecular weight excluding hydrogens is 266 g/mol. The number of benzene rings is 2. The molecule has 116 valence electrons. The highest BCUT2D eigenvalue weighted by Gasteiger charge is 2.24. The van der Waals surface area contributed by atoms with Gasteiger partial charge in [-0.2, -0.15) is 0 Å². The third-order valence-electron chi connectivity index (χ3n) is 5.16.